The molecule has 6 nitrogen and oxygen atoms in total. The maximum Gasteiger partial charge on any atom is 0.309 e. The SMILES string of the molecule is CCOC(=O)[C@H]1C[C@@H]1C(=O)N[C@@H](CC(C)C)C(=O)NCCC(C)C. The van der Waals surface area contributed by atoms with Crippen molar-refractivity contribution in [3.63, 3.8) is 0 Å². The number of hydrogen-bond donors (Lipinski definition) is 2. The average molecular weight is 340 g/mol. The van der Waals surface area contributed by atoms with Crippen LogP contribution < -0.4 is 10.6 Å². The second-order valence-corrected chi connectivity index (χ2v) is 7.37. The van der Waals surface area contributed by atoms with Gasteiger partial charge < -0.3 is 15.4 Å². The Morgan fingerprint density at radius 1 is 1.08 bits per heavy atom. The van der Waals surface area contributed by atoms with Crippen LogP contribution in [0.15, 0.2) is 0 Å². The summed E-state index contributed by atoms with van der Waals surface area (Å²) in [5, 5.41) is 5.71. The first-order valence-corrected chi connectivity index (χ1v) is 9.00. The molecule has 24 heavy (non-hydrogen) atoms. The molecule has 0 spiro atoms. The van der Waals surface area contributed by atoms with Gasteiger partial charge in [-0.2, -0.15) is 0 Å². The van der Waals surface area contributed by atoms with E-state index in [9.17, 15) is 14.4 Å². The molecule has 0 bridgehead atoms. The Balaban J connectivity index is 2.52. The van der Waals surface area contributed by atoms with Crippen LogP contribution in [0.25, 0.3) is 0 Å². The van der Waals surface area contributed by atoms with E-state index in [1.54, 1.807) is 6.92 Å². The van der Waals surface area contributed by atoms with Crippen molar-refractivity contribution in [3.8, 4) is 0 Å². The van der Waals surface area contributed by atoms with E-state index < -0.39 is 6.04 Å². The van der Waals surface area contributed by atoms with Crippen molar-refractivity contribution in [2.75, 3.05) is 13.2 Å². The van der Waals surface area contributed by atoms with Gasteiger partial charge in [0.05, 0.1) is 18.4 Å². The third-order valence-electron chi connectivity index (χ3n) is 4.08. The quantitative estimate of drug-likeness (QED) is 0.595. The van der Waals surface area contributed by atoms with Gasteiger partial charge >= 0.3 is 5.97 Å². The summed E-state index contributed by atoms with van der Waals surface area (Å²) in [6, 6.07) is -0.548. The highest BCUT2D eigenvalue weighted by Crippen LogP contribution is 2.39. The molecule has 6 heteroatoms. The minimum Gasteiger partial charge on any atom is -0.466 e. The lowest BCUT2D eigenvalue weighted by atomic mass is 10.0. The van der Waals surface area contributed by atoms with Crippen molar-refractivity contribution >= 4 is 17.8 Å². The summed E-state index contributed by atoms with van der Waals surface area (Å²) >= 11 is 0. The van der Waals surface area contributed by atoms with Crippen LogP contribution in [0.3, 0.4) is 0 Å². The Hall–Kier alpha value is -1.59. The Morgan fingerprint density at radius 2 is 1.75 bits per heavy atom. The van der Waals surface area contributed by atoms with Crippen LogP contribution in [-0.4, -0.2) is 37.0 Å². The molecule has 1 fully saturated rings. The molecule has 1 rings (SSSR count). The molecule has 0 aromatic rings. The number of nitrogens with one attached hydrogen (secondary N) is 2. The first-order chi connectivity index (χ1) is 11.3. The maximum atomic E-state index is 12.3. The van der Waals surface area contributed by atoms with E-state index in [1.807, 2.05) is 13.8 Å². The molecule has 3 atom stereocenters. The Labute approximate surface area is 145 Å². The molecule has 1 aliphatic carbocycles. The van der Waals surface area contributed by atoms with Gasteiger partial charge in [0.1, 0.15) is 6.04 Å². The lowest BCUT2D eigenvalue weighted by Gasteiger charge is -2.20. The zero-order chi connectivity index (χ0) is 18.3. The number of ether oxygens (including phenoxy) is 1. The van der Waals surface area contributed by atoms with Crippen LogP contribution in [0.5, 0.6) is 0 Å². The molecular formula is C18H32N2O4. The predicted molar refractivity (Wildman–Crippen MR) is 92.1 cm³/mol. The molecule has 2 amide bonds. The van der Waals surface area contributed by atoms with Gasteiger partial charge in [0.2, 0.25) is 11.8 Å². The van der Waals surface area contributed by atoms with Gasteiger partial charge in [0.15, 0.2) is 0 Å². The zero-order valence-electron chi connectivity index (χ0n) is 15.6. The van der Waals surface area contributed by atoms with Crippen molar-refractivity contribution in [3.05, 3.63) is 0 Å². The highest BCUT2D eigenvalue weighted by molar-refractivity contribution is 5.93. The maximum absolute atomic E-state index is 12.3. The van der Waals surface area contributed by atoms with Crippen LogP contribution in [0.4, 0.5) is 0 Å². The van der Waals surface area contributed by atoms with Crippen LogP contribution in [-0.2, 0) is 19.1 Å². The van der Waals surface area contributed by atoms with E-state index in [1.165, 1.54) is 0 Å². The minimum absolute atomic E-state index is 0.147. The van der Waals surface area contributed by atoms with Gasteiger partial charge in [0.25, 0.3) is 0 Å². The van der Waals surface area contributed by atoms with Crippen molar-refractivity contribution < 1.29 is 19.1 Å². The topological polar surface area (TPSA) is 84.5 Å². The number of hydrogen-bond acceptors (Lipinski definition) is 4. The number of rotatable bonds is 10. The van der Waals surface area contributed by atoms with E-state index in [-0.39, 0.29) is 35.5 Å². The molecule has 0 aromatic carbocycles. The molecule has 138 valence electrons. The molecule has 0 unspecified atom stereocenters. The second-order valence-electron chi connectivity index (χ2n) is 7.37. The fourth-order valence-electron chi connectivity index (χ4n) is 2.58. The Bertz CT molecular complexity index is 448. The third-order valence-corrected chi connectivity index (χ3v) is 4.08. The monoisotopic (exact) mass is 340 g/mol. The molecule has 0 radical (unpaired) electrons. The minimum atomic E-state index is -0.548. The molecule has 0 heterocycles. The predicted octanol–water partition coefficient (Wildman–Crippen LogP) is 1.88. The van der Waals surface area contributed by atoms with Gasteiger partial charge in [-0.1, -0.05) is 27.7 Å². The molecule has 0 aromatic heterocycles. The fourth-order valence-corrected chi connectivity index (χ4v) is 2.58. The summed E-state index contributed by atoms with van der Waals surface area (Å²) in [5.74, 6) is -0.606. The van der Waals surface area contributed by atoms with Gasteiger partial charge in [-0.25, -0.2) is 0 Å². The van der Waals surface area contributed by atoms with Crippen LogP contribution >= 0.6 is 0 Å². The zero-order valence-corrected chi connectivity index (χ0v) is 15.6. The van der Waals surface area contributed by atoms with E-state index in [4.69, 9.17) is 4.74 Å². The van der Waals surface area contributed by atoms with Crippen molar-refractivity contribution in [1.29, 1.82) is 0 Å². The molecular weight excluding hydrogens is 308 g/mol. The number of esters is 1. The van der Waals surface area contributed by atoms with Gasteiger partial charge in [-0.05, 0) is 38.0 Å². The summed E-state index contributed by atoms with van der Waals surface area (Å²) in [6.07, 6.45) is 1.99. The van der Waals surface area contributed by atoms with Gasteiger partial charge in [-0.3, -0.25) is 14.4 Å². The number of carbonyl (C=O) groups is 3. The average Bonchev–Trinajstić information content (AvgIpc) is 3.26. The summed E-state index contributed by atoms with van der Waals surface area (Å²) in [4.78, 5) is 36.3. The lowest BCUT2D eigenvalue weighted by molar-refractivity contribution is -0.146. The number of carbonyl (C=O) groups excluding carboxylic acids is 3. The molecule has 0 aliphatic heterocycles. The first kappa shape index (κ1) is 20.5. The Kier molecular flexibility index (Phi) is 8.22. The highest BCUT2D eigenvalue weighted by atomic mass is 16.5. The van der Waals surface area contributed by atoms with Gasteiger partial charge in [0, 0.05) is 6.54 Å². The third kappa shape index (κ3) is 6.89. The van der Waals surface area contributed by atoms with Crippen LogP contribution in [0.1, 0.15) is 53.9 Å². The molecule has 0 saturated heterocycles. The van der Waals surface area contributed by atoms with E-state index in [2.05, 4.69) is 24.5 Å². The lowest BCUT2D eigenvalue weighted by Crippen LogP contribution is -2.48. The fraction of sp³-hybridized carbons (Fsp3) is 0.833. The highest BCUT2D eigenvalue weighted by Gasteiger charge is 2.49. The second kappa shape index (κ2) is 9.64. The van der Waals surface area contributed by atoms with E-state index in [0.29, 0.717) is 31.9 Å². The summed E-state index contributed by atoms with van der Waals surface area (Å²) in [6.45, 7) is 10.9. The van der Waals surface area contributed by atoms with Crippen LogP contribution in [0.2, 0.25) is 0 Å². The molecule has 2 N–H and O–H groups in total. The summed E-state index contributed by atoms with van der Waals surface area (Å²) in [5.41, 5.74) is 0. The Morgan fingerprint density at radius 3 is 2.29 bits per heavy atom. The van der Waals surface area contributed by atoms with Crippen LogP contribution in [0, 0.1) is 23.7 Å². The molecule has 1 aliphatic rings. The van der Waals surface area contributed by atoms with E-state index in [0.717, 1.165) is 6.42 Å². The van der Waals surface area contributed by atoms with Crippen molar-refractivity contribution in [2.45, 2.75) is 59.9 Å². The molecule has 1 saturated carbocycles. The van der Waals surface area contributed by atoms with Gasteiger partial charge in [-0.15, -0.1) is 0 Å². The van der Waals surface area contributed by atoms with Crippen molar-refractivity contribution in [1.82, 2.24) is 10.6 Å². The summed E-state index contributed by atoms with van der Waals surface area (Å²) in [7, 11) is 0. The largest absolute Gasteiger partial charge is 0.466 e. The first-order valence-electron chi connectivity index (χ1n) is 9.00. The van der Waals surface area contributed by atoms with Crippen molar-refractivity contribution in [2.24, 2.45) is 23.7 Å². The summed E-state index contributed by atoms with van der Waals surface area (Å²) < 4.78 is 4.94. The smallest absolute Gasteiger partial charge is 0.309 e. The standard InChI is InChI=1S/C18H32N2O4/c1-6-24-18(23)14-10-13(14)16(21)20-15(9-12(4)5)17(22)19-8-7-11(2)3/h11-15H,6-10H2,1-5H3,(H,19,22)(H,20,21)/t13-,14-,15-/m0/s1. The van der Waals surface area contributed by atoms with E-state index >= 15 is 0 Å². The number of amides is 2. The normalized spacial score (nSPS) is 20.6.